The average molecular weight is 301 g/mol. The number of hydrogen-bond donors (Lipinski definition) is 5. The highest BCUT2D eigenvalue weighted by atomic mass is 16.5. The van der Waals surface area contributed by atoms with Crippen molar-refractivity contribution in [3.63, 3.8) is 0 Å². The van der Waals surface area contributed by atoms with Crippen molar-refractivity contribution >= 4 is 23.4 Å². The van der Waals surface area contributed by atoms with Crippen LogP contribution in [0, 0.1) is 0 Å². The number of hydrazine groups is 2. The van der Waals surface area contributed by atoms with E-state index in [9.17, 15) is 9.59 Å². The van der Waals surface area contributed by atoms with Crippen molar-refractivity contribution in [2.75, 3.05) is 5.01 Å². The number of hydroxylamine groups is 1. The standard InChI is InChI=1S/C14H15N5O3/c20-13(15-16-14(21)18-22)17-19(11-7-3-1-4-8-11)12-9-5-2-6-10-12/h1-10,22H,(H2,15,17,20)(H2,16,18,21). The molecule has 2 aromatic carbocycles. The summed E-state index contributed by atoms with van der Waals surface area (Å²) in [5, 5.41) is 9.89. The lowest BCUT2D eigenvalue weighted by Crippen LogP contribution is -2.53. The largest absolute Gasteiger partial charge is 0.357 e. The number of nitrogens with zero attached hydrogens (tertiary/aromatic N) is 1. The second kappa shape index (κ2) is 7.50. The van der Waals surface area contributed by atoms with Crippen LogP contribution in [0.5, 0.6) is 0 Å². The highest BCUT2D eigenvalue weighted by molar-refractivity contribution is 5.82. The van der Waals surface area contributed by atoms with Gasteiger partial charge in [0, 0.05) is 0 Å². The van der Waals surface area contributed by atoms with Crippen LogP contribution in [0.25, 0.3) is 0 Å². The molecule has 0 fully saturated rings. The number of amides is 4. The summed E-state index contributed by atoms with van der Waals surface area (Å²) in [6.45, 7) is 0. The Hall–Kier alpha value is -3.26. The third kappa shape index (κ3) is 4.12. The first kappa shape index (κ1) is 15.1. The minimum atomic E-state index is -0.957. The number of anilines is 2. The van der Waals surface area contributed by atoms with Gasteiger partial charge in [0.2, 0.25) is 0 Å². The van der Waals surface area contributed by atoms with Gasteiger partial charge in [-0.3, -0.25) is 10.2 Å². The predicted octanol–water partition coefficient (Wildman–Crippen LogP) is 1.64. The molecule has 114 valence electrons. The van der Waals surface area contributed by atoms with Crippen molar-refractivity contribution in [1.29, 1.82) is 0 Å². The number of carbonyl (C=O) groups is 2. The lowest BCUT2D eigenvalue weighted by Gasteiger charge is -2.25. The molecule has 0 aliphatic carbocycles. The van der Waals surface area contributed by atoms with E-state index in [0.717, 1.165) is 11.4 Å². The molecule has 0 aromatic heterocycles. The number of urea groups is 2. The van der Waals surface area contributed by atoms with E-state index in [1.165, 1.54) is 5.48 Å². The van der Waals surface area contributed by atoms with Crippen molar-refractivity contribution in [3.8, 4) is 0 Å². The van der Waals surface area contributed by atoms with Crippen LogP contribution in [0.1, 0.15) is 0 Å². The molecule has 0 aliphatic heterocycles. The fourth-order valence-electron chi connectivity index (χ4n) is 1.70. The van der Waals surface area contributed by atoms with E-state index >= 15 is 0 Å². The van der Waals surface area contributed by atoms with Crippen LogP contribution in [0.3, 0.4) is 0 Å². The molecule has 0 radical (unpaired) electrons. The SMILES string of the molecule is O=C(NO)NNC(=O)NN(c1ccccc1)c1ccccc1. The fraction of sp³-hybridized carbons (Fsp3) is 0. The molecular weight excluding hydrogens is 286 g/mol. The molecule has 0 spiro atoms. The fourth-order valence-corrected chi connectivity index (χ4v) is 1.70. The van der Waals surface area contributed by atoms with Gasteiger partial charge in [-0.05, 0) is 24.3 Å². The van der Waals surface area contributed by atoms with Crippen LogP contribution >= 0.6 is 0 Å². The molecular formula is C14H15N5O3. The van der Waals surface area contributed by atoms with Crippen LogP contribution in [-0.2, 0) is 0 Å². The zero-order valence-corrected chi connectivity index (χ0v) is 11.5. The summed E-state index contributed by atoms with van der Waals surface area (Å²) < 4.78 is 0. The van der Waals surface area contributed by atoms with Crippen LogP contribution < -0.4 is 26.8 Å². The number of rotatable bonds is 3. The van der Waals surface area contributed by atoms with Gasteiger partial charge in [0.25, 0.3) is 0 Å². The van der Waals surface area contributed by atoms with E-state index in [-0.39, 0.29) is 0 Å². The monoisotopic (exact) mass is 301 g/mol. The molecule has 5 N–H and O–H groups in total. The molecule has 0 saturated carbocycles. The molecule has 8 nitrogen and oxygen atoms in total. The molecule has 4 amide bonds. The molecule has 0 bridgehead atoms. The van der Waals surface area contributed by atoms with Crippen molar-refractivity contribution in [2.24, 2.45) is 0 Å². The highest BCUT2D eigenvalue weighted by Crippen LogP contribution is 2.22. The van der Waals surface area contributed by atoms with E-state index < -0.39 is 12.1 Å². The molecule has 0 heterocycles. The minimum absolute atomic E-state index is 0.684. The van der Waals surface area contributed by atoms with Gasteiger partial charge in [-0.1, -0.05) is 36.4 Å². The summed E-state index contributed by atoms with van der Waals surface area (Å²) in [7, 11) is 0. The summed E-state index contributed by atoms with van der Waals surface area (Å²) in [6, 6.07) is 16.7. The summed E-state index contributed by atoms with van der Waals surface area (Å²) in [5.41, 5.74) is 9.42. The Morgan fingerprint density at radius 3 is 1.68 bits per heavy atom. The van der Waals surface area contributed by atoms with E-state index in [1.807, 2.05) is 66.1 Å². The van der Waals surface area contributed by atoms with Gasteiger partial charge in [-0.2, -0.15) is 0 Å². The van der Waals surface area contributed by atoms with E-state index in [0.29, 0.717) is 0 Å². The number of nitrogens with one attached hydrogen (secondary N) is 4. The van der Waals surface area contributed by atoms with Gasteiger partial charge >= 0.3 is 12.1 Å². The van der Waals surface area contributed by atoms with Crippen LogP contribution in [-0.4, -0.2) is 17.3 Å². The van der Waals surface area contributed by atoms with Gasteiger partial charge < -0.3 is 0 Å². The Kier molecular flexibility index (Phi) is 5.16. The summed E-state index contributed by atoms with van der Waals surface area (Å²) >= 11 is 0. The molecule has 0 aliphatic rings. The Labute approximate surface area is 126 Å². The van der Waals surface area contributed by atoms with Crippen molar-refractivity contribution in [3.05, 3.63) is 60.7 Å². The van der Waals surface area contributed by atoms with Crippen molar-refractivity contribution in [2.45, 2.75) is 0 Å². The Morgan fingerprint density at radius 1 is 0.773 bits per heavy atom. The summed E-state index contributed by atoms with van der Waals surface area (Å²) in [6.07, 6.45) is 0. The quantitative estimate of drug-likeness (QED) is 0.439. The van der Waals surface area contributed by atoms with Crippen LogP contribution in [0.15, 0.2) is 60.7 Å². The van der Waals surface area contributed by atoms with Crippen molar-refractivity contribution < 1.29 is 14.8 Å². The van der Waals surface area contributed by atoms with Gasteiger partial charge in [-0.15, -0.1) is 0 Å². The van der Waals surface area contributed by atoms with Crippen LogP contribution in [0.2, 0.25) is 0 Å². The molecule has 22 heavy (non-hydrogen) atoms. The third-order valence-electron chi connectivity index (χ3n) is 2.63. The van der Waals surface area contributed by atoms with E-state index in [4.69, 9.17) is 5.21 Å². The number of para-hydroxylation sites is 2. The lowest BCUT2D eigenvalue weighted by molar-refractivity contribution is 0.158. The maximum absolute atomic E-state index is 11.8. The molecule has 0 atom stereocenters. The second-order valence-electron chi connectivity index (χ2n) is 4.14. The second-order valence-corrected chi connectivity index (χ2v) is 4.14. The van der Waals surface area contributed by atoms with Gasteiger partial charge in [0.05, 0.1) is 11.4 Å². The maximum Gasteiger partial charge on any atom is 0.357 e. The predicted molar refractivity (Wildman–Crippen MR) is 80.1 cm³/mol. The van der Waals surface area contributed by atoms with Crippen molar-refractivity contribution in [1.82, 2.24) is 21.8 Å². The number of benzene rings is 2. The third-order valence-corrected chi connectivity index (χ3v) is 2.63. The molecule has 2 rings (SSSR count). The summed E-state index contributed by atoms with van der Waals surface area (Å²) in [4.78, 5) is 22.6. The Bertz CT molecular complexity index is 581. The van der Waals surface area contributed by atoms with Gasteiger partial charge in [0.15, 0.2) is 0 Å². The van der Waals surface area contributed by atoms with Gasteiger partial charge in [0.1, 0.15) is 0 Å². The smallest absolute Gasteiger partial charge is 0.287 e. The minimum Gasteiger partial charge on any atom is -0.287 e. The topological polar surface area (TPSA) is 106 Å². The zero-order valence-electron chi connectivity index (χ0n) is 11.5. The molecule has 2 aromatic rings. The molecule has 0 unspecified atom stereocenters. The molecule has 8 heteroatoms. The average Bonchev–Trinajstić information content (AvgIpc) is 2.59. The number of hydrogen-bond acceptors (Lipinski definition) is 4. The first-order chi connectivity index (χ1) is 10.7. The van der Waals surface area contributed by atoms with E-state index in [2.05, 4.69) is 10.9 Å². The Morgan fingerprint density at radius 2 is 1.23 bits per heavy atom. The van der Waals surface area contributed by atoms with Crippen LogP contribution in [0.4, 0.5) is 21.0 Å². The first-order valence-corrected chi connectivity index (χ1v) is 6.37. The zero-order chi connectivity index (χ0) is 15.8. The normalized spacial score (nSPS) is 9.50. The van der Waals surface area contributed by atoms with Gasteiger partial charge in [-0.25, -0.2) is 31.3 Å². The Balaban J connectivity index is 2.12. The maximum atomic E-state index is 11.8. The number of carbonyl (C=O) groups excluding carboxylic acids is 2. The lowest BCUT2D eigenvalue weighted by atomic mass is 10.2. The summed E-state index contributed by atoms with van der Waals surface area (Å²) in [5.74, 6) is 0. The first-order valence-electron chi connectivity index (χ1n) is 6.37. The van der Waals surface area contributed by atoms with E-state index in [1.54, 1.807) is 5.01 Å². The molecule has 0 saturated heterocycles. The highest BCUT2D eigenvalue weighted by Gasteiger charge is 2.12.